The SMILES string of the molecule is C(#Cc1ccccc1)C1=NOC2(CNC2)C1. The molecule has 1 fully saturated rings. The number of hydrogen-bond acceptors (Lipinski definition) is 3. The van der Waals surface area contributed by atoms with Crippen LogP contribution in [0.1, 0.15) is 12.0 Å². The van der Waals surface area contributed by atoms with E-state index in [1.54, 1.807) is 0 Å². The fraction of sp³-hybridized carbons (Fsp3) is 0.308. The van der Waals surface area contributed by atoms with E-state index in [4.69, 9.17) is 4.84 Å². The summed E-state index contributed by atoms with van der Waals surface area (Å²) in [6.07, 6.45) is 0.833. The minimum absolute atomic E-state index is 0.0826. The van der Waals surface area contributed by atoms with Gasteiger partial charge in [0, 0.05) is 25.1 Å². The summed E-state index contributed by atoms with van der Waals surface area (Å²) >= 11 is 0. The van der Waals surface area contributed by atoms with Crippen LogP contribution in [-0.4, -0.2) is 24.4 Å². The van der Waals surface area contributed by atoms with Crippen LogP contribution in [0, 0.1) is 11.8 Å². The normalized spacial score (nSPS) is 20.4. The lowest BCUT2D eigenvalue weighted by molar-refractivity contribution is -0.0559. The molecular formula is C13H12N2O. The van der Waals surface area contributed by atoms with Gasteiger partial charge >= 0.3 is 0 Å². The van der Waals surface area contributed by atoms with Crippen molar-refractivity contribution in [2.75, 3.05) is 13.1 Å². The molecule has 2 aliphatic rings. The lowest BCUT2D eigenvalue weighted by Crippen LogP contribution is -2.59. The summed E-state index contributed by atoms with van der Waals surface area (Å²) in [5.41, 5.74) is 1.78. The topological polar surface area (TPSA) is 33.6 Å². The Hall–Kier alpha value is -1.79. The Bertz CT molecular complexity index is 478. The molecule has 2 aliphatic heterocycles. The molecule has 1 aromatic rings. The van der Waals surface area contributed by atoms with Crippen LogP contribution in [0.4, 0.5) is 0 Å². The van der Waals surface area contributed by atoms with Crippen molar-refractivity contribution in [1.82, 2.24) is 5.32 Å². The van der Waals surface area contributed by atoms with Gasteiger partial charge in [0.05, 0.1) is 0 Å². The largest absolute Gasteiger partial charge is 0.385 e. The van der Waals surface area contributed by atoms with Crippen LogP contribution in [-0.2, 0) is 4.84 Å². The number of nitrogens with zero attached hydrogens (tertiary/aromatic N) is 1. The van der Waals surface area contributed by atoms with Gasteiger partial charge in [-0.25, -0.2) is 0 Å². The molecule has 0 unspecified atom stereocenters. The number of oxime groups is 1. The molecule has 3 nitrogen and oxygen atoms in total. The van der Waals surface area contributed by atoms with E-state index in [9.17, 15) is 0 Å². The lowest BCUT2D eigenvalue weighted by atomic mass is 9.91. The molecule has 1 aromatic carbocycles. The van der Waals surface area contributed by atoms with E-state index in [1.807, 2.05) is 30.3 Å². The highest BCUT2D eigenvalue weighted by molar-refractivity contribution is 6.02. The van der Waals surface area contributed by atoms with E-state index >= 15 is 0 Å². The Morgan fingerprint density at radius 1 is 1.19 bits per heavy atom. The van der Waals surface area contributed by atoms with Gasteiger partial charge < -0.3 is 10.2 Å². The summed E-state index contributed by atoms with van der Waals surface area (Å²) in [7, 11) is 0. The number of hydrogen-bond donors (Lipinski definition) is 1. The summed E-state index contributed by atoms with van der Waals surface area (Å²) in [5.74, 6) is 6.16. The van der Waals surface area contributed by atoms with E-state index in [2.05, 4.69) is 22.3 Å². The smallest absolute Gasteiger partial charge is 0.168 e. The first kappa shape index (κ1) is 9.44. The predicted molar refractivity (Wildman–Crippen MR) is 62.1 cm³/mol. The molecule has 2 heterocycles. The van der Waals surface area contributed by atoms with Gasteiger partial charge in [-0.15, -0.1) is 0 Å². The summed E-state index contributed by atoms with van der Waals surface area (Å²) in [6, 6.07) is 9.92. The number of rotatable bonds is 0. The molecule has 3 heteroatoms. The van der Waals surface area contributed by atoms with Gasteiger partial charge in [-0.3, -0.25) is 0 Å². The number of nitrogens with one attached hydrogen (secondary N) is 1. The van der Waals surface area contributed by atoms with Crippen LogP contribution in [0.25, 0.3) is 0 Å². The van der Waals surface area contributed by atoms with Gasteiger partial charge in [0.1, 0.15) is 5.71 Å². The summed E-state index contributed by atoms with van der Waals surface area (Å²) < 4.78 is 0. The minimum atomic E-state index is -0.0826. The molecule has 3 rings (SSSR count). The maximum Gasteiger partial charge on any atom is 0.168 e. The number of benzene rings is 1. The van der Waals surface area contributed by atoms with Crippen molar-refractivity contribution >= 4 is 5.71 Å². The molecule has 0 atom stereocenters. The zero-order chi connectivity index (χ0) is 10.8. The van der Waals surface area contributed by atoms with Crippen LogP contribution in [0.3, 0.4) is 0 Å². The second kappa shape index (κ2) is 3.66. The van der Waals surface area contributed by atoms with Crippen molar-refractivity contribution in [1.29, 1.82) is 0 Å². The fourth-order valence-corrected chi connectivity index (χ4v) is 1.85. The summed E-state index contributed by atoms with van der Waals surface area (Å²) in [6.45, 7) is 1.76. The highest BCUT2D eigenvalue weighted by Crippen LogP contribution is 2.27. The second-order valence-electron chi connectivity index (χ2n) is 4.21. The molecule has 0 bridgehead atoms. The Labute approximate surface area is 94.5 Å². The van der Waals surface area contributed by atoms with Crippen molar-refractivity contribution in [2.24, 2.45) is 5.16 Å². The maximum absolute atomic E-state index is 5.40. The Kier molecular flexibility index (Phi) is 2.16. The summed E-state index contributed by atoms with van der Waals surface area (Å²) in [5, 5.41) is 7.22. The third kappa shape index (κ3) is 1.68. The van der Waals surface area contributed by atoms with Crippen LogP contribution in [0.15, 0.2) is 35.5 Å². The monoisotopic (exact) mass is 212 g/mol. The van der Waals surface area contributed by atoms with Crippen molar-refractivity contribution < 1.29 is 4.84 Å². The van der Waals surface area contributed by atoms with Crippen LogP contribution in [0.2, 0.25) is 0 Å². The first-order valence-electron chi connectivity index (χ1n) is 5.39. The second-order valence-corrected chi connectivity index (χ2v) is 4.21. The molecule has 1 saturated heterocycles. The lowest BCUT2D eigenvalue weighted by Gasteiger charge is -2.35. The molecule has 1 spiro atoms. The van der Waals surface area contributed by atoms with Crippen LogP contribution in [0.5, 0.6) is 0 Å². The third-order valence-corrected chi connectivity index (χ3v) is 2.86. The molecule has 80 valence electrons. The molecule has 0 radical (unpaired) electrons. The van der Waals surface area contributed by atoms with Gasteiger partial charge in [0.25, 0.3) is 0 Å². The minimum Gasteiger partial charge on any atom is -0.385 e. The van der Waals surface area contributed by atoms with Gasteiger partial charge in [0.2, 0.25) is 0 Å². The van der Waals surface area contributed by atoms with Gasteiger partial charge in [-0.2, -0.15) is 0 Å². The standard InChI is InChI=1S/C13H12N2O/c1-2-4-11(5-3-1)6-7-12-8-13(16-15-12)9-14-10-13/h1-5,14H,8-10H2. The zero-order valence-electron chi connectivity index (χ0n) is 8.86. The van der Waals surface area contributed by atoms with Crippen molar-refractivity contribution in [3.05, 3.63) is 35.9 Å². The highest BCUT2D eigenvalue weighted by atomic mass is 16.7. The average Bonchev–Trinajstić information content (AvgIpc) is 2.72. The van der Waals surface area contributed by atoms with Gasteiger partial charge in [0.15, 0.2) is 5.60 Å². The predicted octanol–water partition coefficient (Wildman–Crippen LogP) is 1.16. The molecule has 0 aliphatic carbocycles. The molecular weight excluding hydrogens is 200 g/mol. The highest BCUT2D eigenvalue weighted by Gasteiger charge is 2.44. The zero-order valence-corrected chi connectivity index (χ0v) is 8.86. The molecule has 0 saturated carbocycles. The average molecular weight is 212 g/mol. The Morgan fingerprint density at radius 3 is 2.62 bits per heavy atom. The third-order valence-electron chi connectivity index (χ3n) is 2.86. The molecule has 0 aromatic heterocycles. The van der Waals surface area contributed by atoms with Crippen molar-refractivity contribution in [3.63, 3.8) is 0 Å². The molecule has 1 N–H and O–H groups in total. The van der Waals surface area contributed by atoms with Gasteiger partial charge in [-0.05, 0) is 18.1 Å². The Balaban J connectivity index is 1.70. The Morgan fingerprint density at radius 2 is 2.00 bits per heavy atom. The van der Waals surface area contributed by atoms with E-state index in [0.717, 1.165) is 30.8 Å². The van der Waals surface area contributed by atoms with Crippen LogP contribution < -0.4 is 5.32 Å². The first-order chi connectivity index (χ1) is 7.86. The van der Waals surface area contributed by atoms with Crippen LogP contribution >= 0.6 is 0 Å². The van der Waals surface area contributed by atoms with Crippen molar-refractivity contribution in [2.45, 2.75) is 12.0 Å². The quantitative estimate of drug-likeness (QED) is 0.655. The van der Waals surface area contributed by atoms with Crippen molar-refractivity contribution in [3.8, 4) is 11.8 Å². The molecule has 16 heavy (non-hydrogen) atoms. The fourth-order valence-electron chi connectivity index (χ4n) is 1.85. The first-order valence-corrected chi connectivity index (χ1v) is 5.39. The summed E-state index contributed by atoms with van der Waals surface area (Å²) in [4.78, 5) is 5.40. The molecule has 0 amide bonds. The van der Waals surface area contributed by atoms with E-state index < -0.39 is 0 Å². The van der Waals surface area contributed by atoms with E-state index in [0.29, 0.717) is 0 Å². The maximum atomic E-state index is 5.40. The van der Waals surface area contributed by atoms with E-state index in [-0.39, 0.29) is 5.60 Å². The van der Waals surface area contributed by atoms with E-state index in [1.165, 1.54) is 0 Å². The van der Waals surface area contributed by atoms with Gasteiger partial charge in [-0.1, -0.05) is 29.3 Å².